The zero-order valence-corrected chi connectivity index (χ0v) is 11.4. The Morgan fingerprint density at radius 1 is 1.31 bits per heavy atom. The lowest BCUT2D eigenvalue weighted by molar-refractivity contribution is 0.303. The van der Waals surface area contributed by atoms with E-state index in [1.165, 1.54) is 31.2 Å². The zero-order valence-electron chi connectivity index (χ0n) is 9.79. The molecule has 1 unspecified atom stereocenters. The van der Waals surface area contributed by atoms with E-state index in [-0.39, 0.29) is 0 Å². The molecule has 1 aromatic rings. The Labute approximate surface area is 106 Å². The summed E-state index contributed by atoms with van der Waals surface area (Å²) in [5.41, 5.74) is 1.40. The molecule has 2 rings (SSSR count). The molecule has 1 aliphatic rings. The van der Waals surface area contributed by atoms with Gasteiger partial charge in [-0.25, -0.2) is 0 Å². The lowest BCUT2D eigenvalue weighted by atomic mass is 10.1. The van der Waals surface area contributed by atoms with Crippen molar-refractivity contribution in [3.63, 3.8) is 0 Å². The molecule has 0 spiro atoms. The average Bonchev–Trinajstić information content (AvgIpc) is 3.11. The number of hydrogen-bond acceptors (Lipinski definition) is 1. The number of halogens is 1. The van der Waals surface area contributed by atoms with Crippen molar-refractivity contribution in [3.05, 3.63) is 29.8 Å². The Hall–Kier alpha value is -0.500. The molecule has 0 aliphatic heterocycles. The highest BCUT2D eigenvalue weighted by Gasteiger charge is 2.23. The minimum atomic E-state index is 0.498. The molecule has 0 heterocycles. The van der Waals surface area contributed by atoms with E-state index in [2.05, 4.69) is 47.1 Å². The summed E-state index contributed by atoms with van der Waals surface area (Å²) in [6.07, 6.45) is 6.50. The molecule has 16 heavy (non-hydrogen) atoms. The Morgan fingerprint density at radius 2 is 2.00 bits per heavy atom. The van der Waals surface area contributed by atoms with Crippen LogP contribution in [0, 0.1) is 0 Å². The summed E-state index contributed by atoms with van der Waals surface area (Å²) in [4.78, 5) is 0.648. The van der Waals surface area contributed by atoms with Crippen molar-refractivity contribution in [2.75, 3.05) is 0 Å². The van der Waals surface area contributed by atoms with Crippen molar-refractivity contribution >= 4 is 15.9 Å². The molecule has 1 aromatic carbocycles. The number of ether oxygens (including phenoxy) is 1. The van der Waals surface area contributed by atoms with Gasteiger partial charge in [-0.05, 0) is 49.8 Å². The van der Waals surface area contributed by atoms with Crippen molar-refractivity contribution in [3.8, 4) is 5.75 Å². The summed E-state index contributed by atoms with van der Waals surface area (Å²) in [7, 11) is 0. The molecular weight excluding hydrogens is 264 g/mol. The van der Waals surface area contributed by atoms with Crippen LogP contribution in [0.25, 0.3) is 0 Å². The fourth-order valence-electron chi connectivity index (χ4n) is 1.64. The quantitative estimate of drug-likeness (QED) is 0.706. The predicted octanol–water partition coefficient (Wildman–Crippen LogP) is 4.33. The summed E-state index contributed by atoms with van der Waals surface area (Å²) < 4.78 is 5.72. The monoisotopic (exact) mass is 282 g/mol. The molecule has 0 aromatic heterocycles. The minimum absolute atomic E-state index is 0.498. The number of rotatable bonds is 6. The fraction of sp³-hybridized carbons (Fsp3) is 0.571. The van der Waals surface area contributed by atoms with Gasteiger partial charge in [-0.1, -0.05) is 35.0 Å². The summed E-state index contributed by atoms with van der Waals surface area (Å²) in [5, 5.41) is 0. The van der Waals surface area contributed by atoms with Gasteiger partial charge in [0.1, 0.15) is 5.75 Å². The maximum atomic E-state index is 5.72. The molecule has 88 valence electrons. The third-order valence-electron chi connectivity index (χ3n) is 2.94. The molecule has 1 fully saturated rings. The second kappa shape index (κ2) is 5.72. The van der Waals surface area contributed by atoms with Crippen LogP contribution in [0.5, 0.6) is 5.75 Å². The number of aryl methyl sites for hydroxylation is 1. The van der Waals surface area contributed by atoms with Gasteiger partial charge < -0.3 is 4.74 Å². The standard InChI is InChI=1S/C14H19BrO/c1-2-12(15)6-3-11-4-7-13(8-5-11)16-14-9-10-14/h4-5,7-8,12,14H,2-3,6,9-10H2,1H3. The zero-order chi connectivity index (χ0) is 11.4. The van der Waals surface area contributed by atoms with Crippen molar-refractivity contribution in [1.29, 1.82) is 0 Å². The van der Waals surface area contributed by atoms with Gasteiger partial charge in [0.2, 0.25) is 0 Å². The molecule has 1 aliphatic carbocycles. The maximum absolute atomic E-state index is 5.72. The molecule has 2 heteroatoms. The van der Waals surface area contributed by atoms with E-state index in [9.17, 15) is 0 Å². The number of benzene rings is 1. The third kappa shape index (κ3) is 3.82. The van der Waals surface area contributed by atoms with Crippen molar-refractivity contribution in [2.45, 2.75) is 50.0 Å². The van der Waals surface area contributed by atoms with Gasteiger partial charge in [0, 0.05) is 4.83 Å². The van der Waals surface area contributed by atoms with E-state index in [4.69, 9.17) is 4.74 Å². The average molecular weight is 283 g/mol. The van der Waals surface area contributed by atoms with Gasteiger partial charge in [0.15, 0.2) is 0 Å². The first-order valence-corrected chi connectivity index (χ1v) is 7.09. The summed E-state index contributed by atoms with van der Waals surface area (Å²) in [6.45, 7) is 2.21. The van der Waals surface area contributed by atoms with Crippen molar-refractivity contribution < 1.29 is 4.74 Å². The van der Waals surface area contributed by atoms with Gasteiger partial charge in [-0.3, -0.25) is 0 Å². The van der Waals surface area contributed by atoms with Crippen molar-refractivity contribution in [2.24, 2.45) is 0 Å². The summed E-state index contributed by atoms with van der Waals surface area (Å²) in [6, 6.07) is 8.58. The van der Waals surface area contributed by atoms with Crippen LogP contribution in [0.3, 0.4) is 0 Å². The Bertz CT molecular complexity index is 316. The van der Waals surface area contributed by atoms with Gasteiger partial charge in [0.25, 0.3) is 0 Å². The largest absolute Gasteiger partial charge is 0.490 e. The predicted molar refractivity (Wildman–Crippen MR) is 71.4 cm³/mol. The number of alkyl halides is 1. The number of hydrogen-bond donors (Lipinski definition) is 0. The van der Waals surface area contributed by atoms with E-state index in [0.717, 1.165) is 12.2 Å². The molecule has 0 amide bonds. The van der Waals surface area contributed by atoms with Crippen LogP contribution in [0.4, 0.5) is 0 Å². The highest BCUT2D eigenvalue weighted by molar-refractivity contribution is 9.09. The fourth-order valence-corrected chi connectivity index (χ4v) is 1.87. The Balaban J connectivity index is 1.81. The van der Waals surface area contributed by atoms with Gasteiger partial charge >= 0.3 is 0 Å². The van der Waals surface area contributed by atoms with Crippen LogP contribution in [0.15, 0.2) is 24.3 Å². The van der Waals surface area contributed by atoms with E-state index < -0.39 is 0 Å². The Kier molecular flexibility index (Phi) is 4.28. The molecular formula is C14H19BrO. The maximum Gasteiger partial charge on any atom is 0.119 e. The van der Waals surface area contributed by atoms with E-state index >= 15 is 0 Å². The summed E-state index contributed by atoms with van der Waals surface area (Å²) >= 11 is 3.67. The second-order valence-electron chi connectivity index (χ2n) is 4.51. The summed E-state index contributed by atoms with van der Waals surface area (Å²) in [5.74, 6) is 1.03. The van der Waals surface area contributed by atoms with E-state index in [0.29, 0.717) is 10.9 Å². The van der Waals surface area contributed by atoms with Gasteiger partial charge in [0.05, 0.1) is 6.10 Å². The first-order chi connectivity index (χ1) is 7.78. The topological polar surface area (TPSA) is 9.23 Å². The van der Waals surface area contributed by atoms with Crippen LogP contribution in [-0.4, -0.2) is 10.9 Å². The van der Waals surface area contributed by atoms with Crippen LogP contribution >= 0.6 is 15.9 Å². The highest BCUT2D eigenvalue weighted by atomic mass is 79.9. The normalized spacial score (nSPS) is 17.1. The molecule has 0 N–H and O–H groups in total. The molecule has 0 saturated heterocycles. The van der Waals surface area contributed by atoms with Gasteiger partial charge in [-0.2, -0.15) is 0 Å². The third-order valence-corrected chi connectivity index (χ3v) is 4.05. The Morgan fingerprint density at radius 3 is 2.56 bits per heavy atom. The second-order valence-corrected chi connectivity index (χ2v) is 5.80. The lowest BCUT2D eigenvalue weighted by Gasteiger charge is -2.08. The molecule has 0 radical (unpaired) electrons. The first-order valence-electron chi connectivity index (χ1n) is 6.17. The van der Waals surface area contributed by atoms with E-state index in [1.54, 1.807) is 0 Å². The van der Waals surface area contributed by atoms with Crippen molar-refractivity contribution in [1.82, 2.24) is 0 Å². The van der Waals surface area contributed by atoms with Crippen LogP contribution in [0.1, 0.15) is 38.2 Å². The van der Waals surface area contributed by atoms with Crippen LogP contribution < -0.4 is 4.74 Å². The smallest absolute Gasteiger partial charge is 0.119 e. The molecule has 1 nitrogen and oxygen atoms in total. The minimum Gasteiger partial charge on any atom is -0.490 e. The van der Waals surface area contributed by atoms with E-state index in [1.807, 2.05) is 0 Å². The van der Waals surface area contributed by atoms with Crippen LogP contribution in [0.2, 0.25) is 0 Å². The lowest BCUT2D eigenvalue weighted by Crippen LogP contribution is -1.99. The van der Waals surface area contributed by atoms with Crippen LogP contribution in [-0.2, 0) is 6.42 Å². The molecule has 1 saturated carbocycles. The molecule has 1 atom stereocenters. The first kappa shape index (κ1) is 12.0. The SMILES string of the molecule is CCC(Br)CCc1ccc(OC2CC2)cc1. The molecule has 0 bridgehead atoms. The van der Waals surface area contributed by atoms with Gasteiger partial charge in [-0.15, -0.1) is 0 Å². The highest BCUT2D eigenvalue weighted by Crippen LogP contribution is 2.27.